The fourth-order valence-electron chi connectivity index (χ4n) is 4.99. The zero-order chi connectivity index (χ0) is 24.5. The number of aryl methyl sites for hydroxylation is 1. The maximum Gasteiger partial charge on any atom is 0.163 e. The molecule has 2 aromatic carbocycles. The van der Waals surface area contributed by atoms with Crippen LogP contribution in [0.2, 0.25) is 0 Å². The molecule has 5 rings (SSSR count). The molecule has 2 aliphatic heterocycles. The smallest absolute Gasteiger partial charge is 0.163 e. The lowest BCUT2D eigenvalue weighted by Crippen LogP contribution is -2.56. The van der Waals surface area contributed by atoms with Crippen molar-refractivity contribution in [3.05, 3.63) is 65.4 Å². The molecule has 2 saturated heterocycles. The third kappa shape index (κ3) is 4.95. The minimum Gasteiger partial charge on any atom is -0.490 e. The van der Waals surface area contributed by atoms with Gasteiger partial charge in [0.2, 0.25) is 0 Å². The average Bonchev–Trinajstić information content (AvgIpc) is 3.21. The number of benzene rings is 2. The van der Waals surface area contributed by atoms with Gasteiger partial charge in [-0.3, -0.25) is 0 Å². The molecule has 5 atom stereocenters. The Bertz CT molecular complexity index is 1140. The number of aliphatic hydroxyl groups is 4. The van der Waals surface area contributed by atoms with Crippen LogP contribution in [0.5, 0.6) is 5.75 Å². The molecule has 3 heterocycles. The number of hydrogen-bond donors (Lipinski definition) is 4. The first-order valence-electron chi connectivity index (χ1n) is 12.2. The monoisotopic (exact) mass is 483 g/mol. The first-order valence-corrected chi connectivity index (χ1v) is 12.2. The SMILES string of the molecule is Cc1ccc2c(Cc3ccc(OC4CCOCC4)cc3)cn([C@@H]3O[C@H](CO)[C@@H](O)[C@H](O)[C@H]3O)c2c1. The number of nitrogens with zero attached hydrogens (tertiary/aromatic N) is 1. The van der Waals surface area contributed by atoms with Gasteiger partial charge >= 0.3 is 0 Å². The van der Waals surface area contributed by atoms with Crippen molar-refractivity contribution in [2.24, 2.45) is 0 Å². The Kier molecular flexibility index (Phi) is 7.11. The zero-order valence-corrected chi connectivity index (χ0v) is 19.8. The number of aliphatic hydroxyl groups excluding tert-OH is 4. The molecule has 0 amide bonds. The van der Waals surface area contributed by atoms with Crippen molar-refractivity contribution >= 4 is 10.9 Å². The summed E-state index contributed by atoms with van der Waals surface area (Å²) in [5.74, 6) is 0.847. The molecular formula is C27H33NO7. The number of aromatic nitrogens is 1. The summed E-state index contributed by atoms with van der Waals surface area (Å²) >= 11 is 0. The van der Waals surface area contributed by atoms with Crippen LogP contribution in [0.25, 0.3) is 10.9 Å². The highest BCUT2D eigenvalue weighted by Gasteiger charge is 2.44. The van der Waals surface area contributed by atoms with Crippen LogP contribution >= 0.6 is 0 Å². The molecule has 1 aromatic heterocycles. The van der Waals surface area contributed by atoms with Crippen molar-refractivity contribution < 1.29 is 34.6 Å². The Hall–Kier alpha value is -2.46. The highest BCUT2D eigenvalue weighted by molar-refractivity contribution is 5.85. The molecule has 0 aliphatic carbocycles. The number of hydrogen-bond acceptors (Lipinski definition) is 7. The molecule has 0 saturated carbocycles. The number of rotatable bonds is 6. The summed E-state index contributed by atoms with van der Waals surface area (Å²) in [6.07, 6.45) is -1.52. The lowest BCUT2D eigenvalue weighted by atomic mass is 9.98. The minimum absolute atomic E-state index is 0.189. The number of fused-ring (bicyclic) bond motifs is 1. The highest BCUT2D eigenvalue weighted by atomic mass is 16.6. The van der Waals surface area contributed by atoms with Crippen LogP contribution in [0.1, 0.15) is 35.8 Å². The van der Waals surface area contributed by atoms with E-state index >= 15 is 0 Å². The predicted octanol–water partition coefficient (Wildman–Crippen LogP) is 2.07. The molecule has 0 radical (unpaired) electrons. The molecule has 0 bridgehead atoms. The molecule has 8 nitrogen and oxygen atoms in total. The second kappa shape index (κ2) is 10.3. The van der Waals surface area contributed by atoms with Gasteiger partial charge in [0.15, 0.2) is 6.23 Å². The summed E-state index contributed by atoms with van der Waals surface area (Å²) < 4.78 is 19.1. The van der Waals surface area contributed by atoms with E-state index in [9.17, 15) is 20.4 Å². The molecule has 3 aromatic rings. The molecule has 0 spiro atoms. The van der Waals surface area contributed by atoms with Crippen LogP contribution in [0, 0.1) is 6.92 Å². The maximum atomic E-state index is 10.7. The van der Waals surface area contributed by atoms with Gasteiger partial charge in [0.1, 0.15) is 36.3 Å². The van der Waals surface area contributed by atoms with Crippen molar-refractivity contribution in [1.29, 1.82) is 0 Å². The Morgan fingerprint density at radius 3 is 2.43 bits per heavy atom. The number of ether oxygens (including phenoxy) is 3. The van der Waals surface area contributed by atoms with Crippen LogP contribution in [0.4, 0.5) is 0 Å². The van der Waals surface area contributed by atoms with E-state index in [1.807, 2.05) is 43.5 Å². The normalized spacial score (nSPS) is 27.9. The zero-order valence-electron chi connectivity index (χ0n) is 19.8. The van der Waals surface area contributed by atoms with E-state index in [1.165, 1.54) is 0 Å². The first kappa shape index (κ1) is 24.2. The van der Waals surface area contributed by atoms with Crippen molar-refractivity contribution in [2.75, 3.05) is 19.8 Å². The van der Waals surface area contributed by atoms with E-state index in [2.05, 4.69) is 12.1 Å². The Morgan fingerprint density at radius 1 is 0.971 bits per heavy atom. The summed E-state index contributed by atoms with van der Waals surface area (Å²) in [5.41, 5.74) is 4.04. The second-order valence-corrected chi connectivity index (χ2v) is 9.55. The van der Waals surface area contributed by atoms with Gasteiger partial charge in [0.05, 0.1) is 25.3 Å². The molecule has 35 heavy (non-hydrogen) atoms. The third-order valence-electron chi connectivity index (χ3n) is 7.00. The van der Waals surface area contributed by atoms with Gasteiger partial charge in [-0.15, -0.1) is 0 Å². The van der Waals surface area contributed by atoms with Crippen LogP contribution in [-0.2, 0) is 15.9 Å². The van der Waals surface area contributed by atoms with E-state index in [0.717, 1.165) is 59.4 Å². The summed E-state index contributed by atoms with van der Waals surface area (Å²) in [5, 5.41) is 41.8. The fourth-order valence-corrected chi connectivity index (χ4v) is 4.99. The largest absolute Gasteiger partial charge is 0.490 e. The molecule has 4 N–H and O–H groups in total. The Labute approximate surface area is 204 Å². The fraction of sp³-hybridized carbons (Fsp3) is 0.481. The first-order chi connectivity index (χ1) is 16.9. The van der Waals surface area contributed by atoms with Gasteiger partial charge in [0.25, 0.3) is 0 Å². The summed E-state index contributed by atoms with van der Waals surface area (Å²) in [6.45, 7) is 3.00. The van der Waals surface area contributed by atoms with Crippen molar-refractivity contribution in [1.82, 2.24) is 4.57 Å². The highest BCUT2D eigenvalue weighted by Crippen LogP contribution is 2.34. The third-order valence-corrected chi connectivity index (χ3v) is 7.00. The van der Waals surface area contributed by atoms with Crippen LogP contribution in [-0.4, -0.2) is 75.3 Å². The van der Waals surface area contributed by atoms with E-state index < -0.39 is 37.3 Å². The van der Waals surface area contributed by atoms with Crippen LogP contribution in [0.3, 0.4) is 0 Å². The van der Waals surface area contributed by atoms with Gasteiger partial charge in [-0.25, -0.2) is 0 Å². The Morgan fingerprint density at radius 2 is 1.71 bits per heavy atom. The molecule has 188 valence electrons. The second-order valence-electron chi connectivity index (χ2n) is 9.55. The average molecular weight is 484 g/mol. The maximum absolute atomic E-state index is 10.7. The quantitative estimate of drug-likeness (QED) is 0.425. The summed E-state index contributed by atoms with van der Waals surface area (Å²) in [4.78, 5) is 0. The van der Waals surface area contributed by atoms with Crippen LogP contribution in [0.15, 0.2) is 48.7 Å². The van der Waals surface area contributed by atoms with E-state index in [1.54, 1.807) is 4.57 Å². The summed E-state index contributed by atoms with van der Waals surface area (Å²) in [7, 11) is 0. The Balaban J connectivity index is 1.41. The lowest BCUT2D eigenvalue weighted by molar-refractivity contribution is -0.250. The van der Waals surface area contributed by atoms with Gasteiger partial charge in [-0.05, 0) is 48.2 Å². The minimum atomic E-state index is -1.43. The topological polar surface area (TPSA) is 114 Å². The van der Waals surface area contributed by atoms with Crippen molar-refractivity contribution in [3.8, 4) is 5.75 Å². The standard InChI is InChI=1S/C27H33NO7/c1-16-2-7-21-18(13-17-3-5-19(6-4-17)34-20-8-10-33-11-9-20)14-28(22(21)12-16)27-26(32)25(31)24(30)23(15-29)35-27/h2-7,12,14,20,23-27,29-32H,8-11,13,15H2,1H3/t23-,24-,25+,26-,27-/m1/s1. The summed E-state index contributed by atoms with van der Waals surface area (Å²) in [6, 6.07) is 14.2. The predicted molar refractivity (Wildman–Crippen MR) is 129 cm³/mol. The molecule has 0 unspecified atom stereocenters. The molecule has 2 aliphatic rings. The lowest BCUT2D eigenvalue weighted by Gasteiger charge is -2.40. The molecular weight excluding hydrogens is 450 g/mol. The van der Waals surface area contributed by atoms with E-state index in [-0.39, 0.29) is 6.10 Å². The van der Waals surface area contributed by atoms with Gasteiger partial charge in [0, 0.05) is 24.4 Å². The molecule has 8 heteroatoms. The molecule has 2 fully saturated rings. The van der Waals surface area contributed by atoms with Crippen LogP contribution < -0.4 is 4.74 Å². The van der Waals surface area contributed by atoms with E-state index in [0.29, 0.717) is 6.42 Å². The van der Waals surface area contributed by atoms with Gasteiger partial charge in [-0.1, -0.05) is 24.3 Å². The van der Waals surface area contributed by atoms with Gasteiger partial charge in [-0.2, -0.15) is 0 Å². The van der Waals surface area contributed by atoms with Crippen molar-refractivity contribution in [3.63, 3.8) is 0 Å². The van der Waals surface area contributed by atoms with E-state index in [4.69, 9.17) is 14.2 Å². The van der Waals surface area contributed by atoms with Crippen molar-refractivity contribution in [2.45, 2.75) is 62.9 Å². The van der Waals surface area contributed by atoms with Gasteiger partial charge < -0.3 is 39.2 Å².